The average molecular weight is 262 g/mol. The molecule has 0 aliphatic carbocycles. The monoisotopic (exact) mass is 262 g/mol. The number of guanidine groups is 1. The maximum atomic E-state index is 11.6. The van der Waals surface area contributed by atoms with Gasteiger partial charge in [0.1, 0.15) is 0 Å². The summed E-state index contributed by atoms with van der Waals surface area (Å²) < 4.78 is 1.72. The van der Waals surface area contributed by atoms with Gasteiger partial charge in [-0.2, -0.15) is 0 Å². The predicted octanol–water partition coefficient (Wildman–Crippen LogP) is -1.26. The summed E-state index contributed by atoms with van der Waals surface area (Å²) >= 11 is 0. The zero-order valence-corrected chi connectivity index (χ0v) is 10.3. The lowest BCUT2D eigenvalue weighted by molar-refractivity contribution is 0.100. The molecule has 0 saturated heterocycles. The second-order valence-electron chi connectivity index (χ2n) is 4.07. The molecule has 0 saturated carbocycles. The van der Waals surface area contributed by atoms with Gasteiger partial charge in [-0.1, -0.05) is 0 Å². The highest BCUT2D eigenvalue weighted by molar-refractivity contribution is 6.06. The SMILES string of the molecule is Cn1c(CN=C(N)N)c(C(N)=O)c2[nH]c(=O)ccc21. The molecule has 0 atom stereocenters. The van der Waals surface area contributed by atoms with E-state index in [0.717, 1.165) is 0 Å². The van der Waals surface area contributed by atoms with Crippen LogP contribution in [0.1, 0.15) is 16.1 Å². The highest BCUT2D eigenvalue weighted by atomic mass is 16.1. The van der Waals surface area contributed by atoms with Crippen LogP contribution >= 0.6 is 0 Å². The summed E-state index contributed by atoms with van der Waals surface area (Å²) in [4.78, 5) is 29.4. The van der Waals surface area contributed by atoms with Crippen molar-refractivity contribution in [1.29, 1.82) is 0 Å². The van der Waals surface area contributed by atoms with Crippen LogP contribution in [0.5, 0.6) is 0 Å². The number of amides is 1. The number of aromatic amines is 1. The van der Waals surface area contributed by atoms with Crippen molar-refractivity contribution in [2.75, 3.05) is 0 Å². The van der Waals surface area contributed by atoms with E-state index in [1.165, 1.54) is 6.07 Å². The maximum absolute atomic E-state index is 11.6. The number of aliphatic imine (C=N–C) groups is 1. The predicted molar refractivity (Wildman–Crippen MR) is 71.6 cm³/mol. The van der Waals surface area contributed by atoms with E-state index >= 15 is 0 Å². The summed E-state index contributed by atoms with van der Waals surface area (Å²) in [5.74, 6) is -0.734. The van der Waals surface area contributed by atoms with Crippen LogP contribution < -0.4 is 22.8 Å². The van der Waals surface area contributed by atoms with Gasteiger partial charge >= 0.3 is 0 Å². The number of nitrogens with zero attached hydrogens (tertiary/aromatic N) is 2. The van der Waals surface area contributed by atoms with Crippen molar-refractivity contribution in [3.8, 4) is 0 Å². The van der Waals surface area contributed by atoms with Gasteiger partial charge in [-0.3, -0.25) is 9.59 Å². The van der Waals surface area contributed by atoms with Crippen molar-refractivity contribution in [3.05, 3.63) is 33.7 Å². The standard InChI is InChI=1S/C11H14N6O2/c1-17-5-2-3-7(18)16-9(5)8(10(12)19)6(17)4-15-11(13)14/h2-3H,4H2,1H3,(H2,12,19)(H,16,18)(H4,13,14,15). The van der Waals surface area contributed by atoms with Crippen LogP contribution in [0.3, 0.4) is 0 Å². The second-order valence-corrected chi connectivity index (χ2v) is 4.07. The zero-order valence-electron chi connectivity index (χ0n) is 10.3. The largest absolute Gasteiger partial charge is 0.370 e. The molecule has 8 nitrogen and oxygen atoms in total. The average Bonchev–Trinajstić information content (AvgIpc) is 2.59. The fourth-order valence-electron chi connectivity index (χ4n) is 2.01. The van der Waals surface area contributed by atoms with E-state index in [0.29, 0.717) is 16.7 Å². The first-order chi connectivity index (χ1) is 8.91. The quantitative estimate of drug-likeness (QED) is 0.404. The number of hydrogen-bond donors (Lipinski definition) is 4. The summed E-state index contributed by atoms with van der Waals surface area (Å²) in [5.41, 5.74) is 17.4. The lowest BCUT2D eigenvalue weighted by atomic mass is 10.2. The Morgan fingerprint density at radius 3 is 2.63 bits per heavy atom. The molecule has 100 valence electrons. The molecule has 2 aromatic rings. The molecule has 8 heteroatoms. The molecule has 2 aromatic heterocycles. The number of carbonyl (C=O) groups is 1. The van der Waals surface area contributed by atoms with Crippen LogP contribution in [-0.2, 0) is 13.6 Å². The smallest absolute Gasteiger partial charge is 0.252 e. The zero-order chi connectivity index (χ0) is 14.2. The Bertz CT molecular complexity index is 735. The minimum Gasteiger partial charge on any atom is -0.370 e. The molecule has 7 N–H and O–H groups in total. The van der Waals surface area contributed by atoms with Crippen molar-refractivity contribution in [2.24, 2.45) is 29.2 Å². The van der Waals surface area contributed by atoms with Gasteiger partial charge in [0.25, 0.3) is 5.91 Å². The van der Waals surface area contributed by atoms with Crippen molar-refractivity contribution < 1.29 is 4.79 Å². The maximum Gasteiger partial charge on any atom is 0.252 e. The minimum absolute atomic E-state index is 0.0887. The normalized spacial score (nSPS) is 10.6. The molecule has 0 spiro atoms. The number of H-pyrrole nitrogens is 1. The fourth-order valence-corrected chi connectivity index (χ4v) is 2.01. The van der Waals surface area contributed by atoms with Gasteiger partial charge in [-0.15, -0.1) is 0 Å². The van der Waals surface area contributed by atoms with Gasteiger partial charge < -0.3 is 26.8 Å². The molecule has 2 heterocycles. The third kappa shape index (κ3) is 2.15. The van der Waals surface area contributed by atoms with E-state index in [-0.39, 0.29) is 23.6 Å². The molecule has 2 rings (SSSR count). The summed E-state index contributed by atoms with van der Waals surface area (Å²) in [6.07, 6.45) is 0. The van der Waals surface area contributed by atoms with Gasteiger partial charge in [0, 0.05) is 13.1 Å². The Morgan fingerprint density at radius 1 is 1.37 bits per heavy atom. The molecule has 0 bridgehead atoms. The number of nitrogens with two attached hydrogens (primary N) is 3. The number of nitrogens with one attached hydrogen (secondary N) is 1. The van der Waals surface area contributed by atoms with E-state index < -0.39 is 5.91 Å². The van der Waals surface area contributed by atoms with Crippen molar-refractivity contribution in [3.63, 3.8) is 0 Å². The van der Waals surface area contributed by atoms with E-state index in [9.17, 15) is 9.59 Å². The first kappa shape index (κ1) is 12.7. The molecular weight excluding hydrogens is 248 g/mol. The van der Waals surface area contributed by atoms with E-state index in [4.69, 9.17) is 17.2 Å². The molecule has 19 heavy (non-hydrogen) atoms. The Kier molecular flexibility index (Phi) is 2.99. The number of carbonyl (C=O) groups excluding carboxylic acids is 1. The Morgan fingerprint density at radius 2 is 2.05 bits per heavy atom. The van der Waals surface area contributed by atoms with Crippen LogP contribution in [0.25, 0.3) is 11.0 Å². The van der Waals surface area contributed by atoms with Gasteiger partial charge in [-0.25, -0.2) is 4.99 Å². The summed E-state index contributed by atoms with van der Waals surface area (Å²) in [7, 11) is 1.74. The van der Waals surface area contributed by atoms with Crippen LogP contribution in [0.2, 0.25) is 0 Å². The number of fused-ring (bicyclic) bond motifs is 1. The topological polar surface area (TPSA) is 145 Å². The number of hydrogen-bond acceptors (Lipinski definition) is 3. The second kappa shape index (κ2) is 4.48. The van der Waals surface area contributed by atoms with Gasteiger partial charge in [0.05, 0.1) is 28.8 Å². The van der Waals surface area contributed by atoms with E-state index in [2.05, 4.69) is 9.98 Å². The number of primary amides is 1. The van der Waals surface area contributed by atoms with Gasteiger partial charge in [0.2, 0.25) is 5.56 Å². The molecule has 0 aliphatic heterocycles. The third-order valence-electron chi connectivity index (χ3n) is 2.86. The highest BCUT2D eigenvalue weighted by Gasteiger charge is 2.19. The van der Waals surface area contributed by atoms with Crippen LogP contribution in [0.15, 0.2) is 21.9 Å². The number of pyridine rings is 1. The van der Waals surface area contributed by atoms with Crippen LogP contribution in [0, 0.1) is 0 Å². The summed E-state index contributed by atoms with van der Waals surface area (Å²) in [6.45, 7) is 0.105. The molecule has 1 amide bonds. The van der Waals surface area contributed by atoms with E-state index in [1.54, 1.807) is 17.7 Å². The molecule has 0 aromatic carbocycles. The molecule has 0 radical (unpaired) electrons. The minimum atomic E-state index is -0.645. The van der Waals surface area contributed by atoms with Gasteiger partial charge in [-0.05, 0) is 6.07 Å². The Balaban J connectivity index is 2.78. The lowest BCUT2D eigenvalue weighted by Crippen LogP contribution is -2.23. The fraction of sp³-hybridized carbons (Fsp3) is 0.182. The summed E-state index contributed by atoms with van der Waals surface area (Å²) in [5, 5.41) is 0. The first-order valence-electron chi connectivity index (χ1n) is 5.47. The van der Waals surface area contributed by atoms with Crippen molar-refractivity contribution in [2.45, 2.75) is 6.54 Å². The molecule has 0 unspecified atom stereocenters. The highest BCUT2D eigenvalue weighted by Crippen LogP contribution is 2.22. The van der Waals surface area contributed by atoms with Crippen LogP contribution in [-0.4, -0.2) is 21.4 Å². The molecular formula is C11H14N6O2. The van der Waals surface area contributed by atoms with E-state index in [1.807, 2.05) is 0 Å². The number of aromatic nitrogens is 2. The number of aryl methyl sites for hydroxylation is 1. The van der Waals surface area contributed by atoms with Gasteiger partial charge in [0.15, 0.2) is 5.96 Å². The van der Waals surface area contributed by atoms with Crippen molar-refractivity contribution >= 4 is 22.9 Å². The third-order valence-corrected chi connectivity index (χ3v) is 2.86. The summed E-state index contributed by atoms with van der Waals surface area (Å²) in [6, 6.07) is 2.98. The molecule has 0 aliphatic rings. The van der Waals surface area contributed by atoms with Crippen molar-refractivity contribution in [1.82, 2.24) is 9.55 Å². The Labute approximate surface area is 107 Å². The number of rotatable bonds is 3. The Hall–Kier alpha value is -2.77. The van der Waals surface area contributed by atoms with Crippen LogP contribution in [0.4, 0.5) is 0 Å². The lowest BCUT2D eigenvalue weighted by Gasteiger charge is -2.02. The first-order valence-corrected chi connectivity index (χ1v) is 5.47. The molecule has 0 fully saturated rings.